The topological polar surface area (TPSA) is 68.5 Å². The minimum atomic E-state index is -0.607. The molecule has 0 aliphatic rings. The van der Waals surface area contributed by atoms with Crippen LogP contribution in [0.2, 0.25) is 0 Å². The molecule has 0 fully saturated rings. The Labute approximate surface area is 132 Å². The highest BCUT2D eigenvalue weighted by Gasteiger charge is 2.12. The van der Waals surface area contributed by atoms with Crippen LogP contribution in [-0.2, 0) is 14.3 Å². The summed E-state index contributed by atoms with van der Waals surface area (Å²) >= 11 is 0. The van der Waals surface area contributed by atoms with Crippen molar-refractivity contribution in [3.05, 3.63) is 53.7 Å². The molecule has 0 radical (unpaired) electrons. The summed E-state index contributed by atoms with van der Waals surface area (Å²) in [6.07, 6.45) is 1.56. The molecule has 0 aliphatic heterocycles. The quantitative estimate of drug-likeness (QED) is 0.596. The summed E-state index contributed by atoms with van der Waals surface area (Å²) in [5.41, 5.74) is 2.33. The first-order valence-corrected chi connectivity index (χ1v) is 7.07. The SMILES string of the molecule is COC(=O)/C(=C\c1ccc2c(c1)oc1ccccc12)NC(C)=O. The van der Waals surface area contributed by atoms with Crippen LogP contribution in [0.1, 0.15) is 12.5 Å². The van der Waals surface area contributed by atoms with Crippen molar-refractivity contribution in [2.24, 2.45) is 0 Å². The molecule has 1 N–H and O–H groups in total. The Balaban J connectivity index is 2.08. The largest absolute Gasteiger partial charge is 0.464 e. The second-order valence-corrected chi connectivity index (χ2v) is 5.08. The molecule has 3 rings (SSSR count). The molecule has 1 heterocycles. The summed E-state index contributed by atoms with van der Waals surface area (Å²) in [7, 11) is 1.26. The summed E-state index contributed by atoms with van der Waals surface area (Å²) in [6.45, 7) is 1.33. The highest BCUT2D eigenvalue weighted by Crippen LogP contribution is 2.29. The number of ether oxygens (including phenoxy) is 1. The molecule has 5 nitrogen and oxygen atoms in total. The summed E-state index contributed by atoms with van der Waals surface area (Å²) in [5.74, 6) is -0.948. The van der Waals surface area contributed by atoms with Crippen LogP contribution >= 0.6 is 0 Å². The monoisotopic (exact) mass is 309 g/mol. The second kappa shape index (κ2) is 5.96. The summed E-state index contributed by atoms with van der Waals surface area (Å²) in [4.78, 5) is 22.9. The number of fused-ring (bicyclic) bond motifs is 3. The molecule has 1 amide bonds. The zero-order chi connectivity index (χ0) is 16.4. The van der Waals surface area contributed by atoms with E-state index in [1.54, 1.807) is 6.08 Å². The van der Waals surface area contributed by atoms with E-state index in [-0.39, 0.29) is 11.6 Å². The Hall–Kier alpha value is -3.08. The lowest BCUT2D eigenvalue weighted by molar-refractivity contribution is -0.137. The van der Waals surface area contributed by atoms with E-state index in [1.807, 2.05) is 42.5 Å². The first kappa shape index (κ1) is 14.8. The summed E-state index contributed by atoms with van der Waals surface area (Å²) < 4.78 is 10.5. The fraction of sp³-hybridized carbons (Fsp3) is 0.111. The zero-order valence-electron chi connectivity index (χ0n) is 12.8. The molecule has 0 aliphatic carbocycles. The highest BCUT2D eigenvalue weighted by atomic mass is 16.5. The van der Waals surface area contributed by atoms with Gasteiger partial charge in [-0.3, -0.25) is 4.79 Å². The number of nitrogens with one attached hydrogen (secondary N) is 1. The van der Waals surface area contributed by atoms with Gasteiger partial charge in [-0.05, 0) is 29.8 Å². The standard InChI is InChI=1S/C18H15NO4/c1-11(20)19-15(18(21)22-2)9-12-7-8-14-13-5-3-4-6-16(13)23-17(14)10-12/h3-10H,1-2H3,(H,19,20)/b15-9+. The van der Waals surface area contributed by atoms with Gasteiger partial charge >= 0.3 is 5.97 Å². The van der Waals surface area contributed by atoms with Crippen LogP contribution in [0, 0.1) is 0 Å². The van der Waals surface area contributed by atoms with Crippen molar-refractivity contribution in [1.82, 2.24) is 5.32 Å². The van der Waals surface area contributed by atoms with Gasteiger partial charge in [-0.1, -0.05) is 24.3 Å². The molecule has 0 spiro atoms. The Kier molecular flexibility index (Phi) is 3.85. The minimum absolute atomic E-state index is 0.0791. The third-order valence-electron chi connectivity index (χ3n) is 3.43. The van der Waals surface area contributed by atoms with Gasteiger partial charge < -0.3 is 14.5 Å². The lowest BCUT2D eigenvalue weighted by Gasteiger charge is -2.05. The first-order valence-electron chi connectivity index (χ1n) is 7.07. The van der Waals surface area contributed by atoms with Crippen molar-refractivity contribution >= 4 is 39.9 Å². The van der Waals surface area contributed by atoms with Crippen LogP contribution < -0.4 is 5.32 Å². The number of esters is 1. The maximum Gasteiger partial charge on any atom is 0.354 e. The molecule has 5 heteroatoms. The van der Waals surface area contributed by atoms with Gasteiger partial charge in [-0.15, -0.1) is 0 Å². The van der Waals surface area contributed by atoms with Crippen molar-refractivity contribution in [3.8, 4) is 0 Å². The second-order valence-electron chi connectivity index (χ2n) is 5.08. The minimum Gasteiger partial charge on any atom is -0.464 e. The highest BCUT2D eigenvalue weighted by molar-refractivity contribution is 6.05. The Morgan fingerprint density at radius 3 is 2.57 bits per heavy atom. The third kappa shape index (κ3) is 2.94. The van der Waals surface area contributed by atoms with E-state index in [1.165, 1.54) is 14.0 Å². The van der Waals surface area contributed by atoms with Crippen LogP contribution in [0.5, 0.6) is 0 Å². The van der Waals surface area contributed by atoms with Crippen LogP contribution in [0.15, 0.2) is 52.6 Å². The van der Waals surface area contributed by atoms with E-state index in [9.17, 15) is 9.59 Å². The van der Waals surface area contributed by atoms with E-state index in [0.29, 0.717) is 5.58 Å². The van der Waals surface area contributed by atoms with Crippen LogP contribution in [0.4, 0.5) is 0 Å². The normalized spacial score (nSPS) is 11.7. The number of amides is 1. The van der Waals surface area contributed by atoms with Gasteiger partial charge in [0.25, 0.3) is 0 Å². The first-order chi connectivity index (χ1) is 11.1. The lowest BCUT2D eigenvalue weighted by atomic mass is 10.1. The Bertz CT molecular complexity index is 937. The number of rotatable bonds is 3. The molecule has 2 aromatic carbocycles. The van der Waals surface area contributed by atoms with Gasteiger partial charge in [-0.25, -0.2) is 4.79 Å². The number of carbonyl (C=O) groups excluding carboxylic acids is 2. The average Bonchev–Trinajstić information content (AvgIpc) is 2.90. The summed E-state index contributed by atoms with van der Waals surface area (Å²) in [5, 5.41) is 4.50. The van der Waals surface area contributed by atoms with Crippen LogP contribution in [0.25, 0.3) is 28.0 Å². The van der Waals surface area contributed by atoms with E-state index < -0.39 is 5.97 Å². The fourth-order valence-corrected chi connectivity index (χ4v) is 2.44. The number of hydrogen-bond acceptors (Lipinski definition) is 4. The molecule has 0 unspecified atom stereocenters. The van der Waals surface area contributed by atoms with Gasteiger partial charge in [0.2, 0.25) is 5.91 Å². The average molecular weight is 309 g/mol. The van der Waals surface area contributed by atoms with E-state index in [2.05, 4.69) is 10.1 Å². The number of furan rings is 1. The van der Waals surface area contributed by atoms with Gasteiger partial charge in [0, 0.05) is 17.7 Å². The number of carbonyl (C=O) groups is 2. The van der Waals surface area contributed by atoms with Crippen LogP contribution in [-0.4, -0.2) is 19.0 Å². The lowest BCUT2D eigenvalue weighted by Crippen LogP contribution is -2.25. The molecule has 0 bridgehead atoms. The molecular formula is C18H15NO4. The molecule has 116 valence electrons. The number of para-hydroxylation sites is 1. The summed E-state index contributed by atoms with van der Waals surface area (Å²) in [6, 6.07) is 13.4. The van der Waals surface area contributed by atoms with E-state index in [4.69, 9.17) is 4.42 Å². The van der Waals surface area contributed by atoms with Crippen molar-refractivity contribution < 1.29 is 18.7 Å². The molecule has 0 saturated heterocycles. The van der Waals surface area contributed by atoms with E-state index in [0.717, 1.165) is 21.9 Å². The Morgan fingerprint density at radius 1 is 1.09 bits per heavy atom. The zero-order valence-corrected chi connectivity index (χ0v) is 12.8. The van der Waals surface area contributed by atoms with Gasteiger partial charge in [0.05, 0.1) is 7.11 Å². The van der Waals surface area contributed by atoms with Crippen LogP contribution in [0.3, 0.4) is 0 Å². The Morgan fingerprint density at radius 2 is 1.83 bits per heavy atom. The molecule has 0 saturated carbocycles. The number of benzene rings is 2. The third-order valence-corrected chi connectivity index (χ3v) is 3.43. The van der Waals surface area contributed by atoms with E-state index >= 15 is 0 Å². The van der Waals surface area contributed by atoms with Crippen molar-refractivity contribution in [2.45, 2.75) is 6.92 Å². The van der Waals surface area contributed by atoms with Gasteiger partial charge in [-0.2, -0.15) is 0 Å². The van der Waals surface area contributed by atoms with Crippen molar-refractivity contribution in [2.75, 3.05) is 7.11 Å². The number of hydrogen-bond donors (Lipinski definition) is 1. The molecule has 3 aromatic rings. The van der Waals surface area contributed by atoms with Crippen molar-refractivity contribution in [3.63, 3.8) is 0 Å². The van der Waals surface area contributed by atoms with Crippen molar-refractivity contribution in [1.29, 1.82) is 0 Å². The predicted octanol–water partition coefficient (Wildman–Crippen LogP) is 3.24. The molecular weight excluding hydrogens is 294 g/mol. The smallest absolute Gasteiger partial charge is 0.354 e. The number of methoxy groups -OCH3 is 1. The predicted molar refractivity (Wildman–Crippen MR) is 87.5 cm³/mol. The van der Waals surface area contributed by atoms with Gasteiger partial charge in [0.15, 0.2) is 0 Å². The van der Waals surface area contributed by atoms with Gasteiger partial charge in [0.1, 0.15) is 16.9 Å². The molecule has 23 heavy (non-hydrogen) atoms. The molecule has 1 aromatic heterocycles. The fourth-order valence-electron chi connectivity index (χ4n) is 2.44. The maximum atomic E-state index is 11.7. The molecule has 0 atom stereocenters. The maximum absolute atomic E-state index is 11.7.